The monoisotopic (exact) mass is 222 g/mol. The van der Waals surface area contributed by atoms with Crippen LogP contribution in [0.1, 0.15) is 10.4 Å². The lowest BCUT2D eigenvalue weighted by Crippen LogP contribution is -1.96. The Labute approximate surface area is 91.2 Å². The predicted octanol–water partition coefficient (Wildman–Crippen LogP) is 2.15. The number of aromatic carboxylic acids is 1. The zero-order valence-corrected chi connectivity index (χ0v) is 8.81. The lowest BCUT2D eigenvalue weighted by Gasteiger charge is -2.05. The van der Waals surface area contributed by atoms with E-state index in [1.807, 2.05) is 0 Å². The molecule has 0 spiro atoms. The highest BCUT2D eigenvalue weighted by Crippen LogP contribution is 2.36. The van der Waals surface area contributed by atoms with Crippen molar-refractivity contribution in [1.82, 2.24) is 0 Å². The minimum atomic E-state index is -1.06. The Morgan fingerprint density at radius 2 is 1.88 bits per heavy atom. The summed E-state index contributed by atoms with van der Waals surface area (Å²) in [6.07, 6.45) is 1.18. The van der Waals surface area contributed by atoms with Crippen LogP contribution in [0.2, 0.25) is 0 Å². The molecule has 2 aromatic rings. The van der Waals surface area contributed by atoms with Gasteiger partial charge >= 0.3 is 5.97 Å². The van der Waals surface area contributed by atoms with Gasteiger partial charge in [-0.3, -0.25) is 0 Å². The van der Waals surface area contributed by atoms with Gasteiger partial charge in [0.25, 0.3) is 0 Å². The van der Waals surface area contributed by atoms with Crippen LogP contribution >= 0.6 is 0 Å². The average Bonchev–Trinajstić information content (AvgIpc) is 2.72. The number of benzene rings is 1. The van der Waals surface area contributed by atoms with Crippen molar-refractivity contribution in [2.75, 3.05) is 14.2 Å². The maximum Gasteiger partial charge on any atom is 0.339 e. The van der Waals surface area contributed by atoms with Crippen LogP contribution in [0.3, 0.4) is 0 Å². The summed E-state index contributed by atoms with van der Waals surface area (Å²) in [6, 6.07) is 3.30. The van der Waals surface area contributed by atoms with Crippen molar-refractivity contribution >= 4 is 16.9 Å². The van der Waals surface area contributed by atoms with Crippen molar-refractivity contribution in [1.29, 1.82) is 0 Å². The lowest BCUT2D eigenvalue weighted by atomic mass is 10.1. The first kappa shape index (κ1) is 10.4. The molecule has 5 nitrogen and oxygen atoms in total. The van der Waals surface area contributed by atoms with Gasteiger partial charge in [0.05, 0.1) is 19.6 Å². The number of carboxylic acid groups (broad SMARTS) is 1. The van der Waals surface area contributed by atoms with E-state index in [4.69, 9.17) is 19.0 Å². The molecule has 0 saturated carbocycles. The van der Waals surface area contributed by atoms with Crippen molar-refractivity contribution in [3.63, 3.8) is 0 Å². The summed E-state index contributed by atoms with van der Waals surface area (Å²) in [5, 5.41) is 9.41. The minimum Gasteiger partial charge on any atom is -0.496 e. The third-order valence-corrected chi connectivity index (χ3v) is 2.32. The summed E-state index contributed by atoms with van der Waals surface area (Å²) in [4.78, 5) is 11.0. The third kappa shape index (κ3) is 1.37. The molecular weight excluding hydrogens is 212 g/mol. The van der Waals surface area contributed by atoms with Crippen LogP contribution in [0.25, 0.3) is 11.0 Å². The number of furan rings is 1. The third-order valence-electron chi connectivity index (χ3n) is 2.32. The van der Waals surface area contributed by atoms with Crippen LogP contribution < -0.4 is 9.47 Å². The van der Waals surface area contributed by atoms with E-state index in [0.717, 1.165) is 0 Å². The summed E-state index contributed by atoms with van der Waals surface area (Å²) in [7, 11) is 2.96. The fourth-order valence-electron chi connectivity index (χ4n) is 1.58. The van der Waals surface area contributed by atoms with E-state index < -0.39 is 5.97 Å². The number of carbonyl (C=O) groups is 1. The van der Waals surface area contributed by atoms with E-state index in [0.29, 0.717) is 22.5 Å². The smallest absolute Gasteiger partial charge is 0.339 e. The van der Waals surface area contributed by atoms with Crippen LogP contribution in [0.5, 0.6) is 11.5 Å². The number of rotatable bonds is 3. The quantitative estimate of drug-likeness (QED) is 0.861. The standard InChI is InChI=1S/C11H10O5/c1-14-7-3-4-8(15-2)10-9(7)6(5-16-10)11(12)13/h3-5H,1-2H3,(H,12,13). The first-order valence-electron chi connectivity index (χ1n) is 4.54. The molecule has 0 bridgehead atoms. The molecule has 16 heavy (non-hydrogen) atoms. The molecule has 0 aliphatic rings. The molecule has 0 amide bonds. The van der Waals surface area contributed by atoms with Crippen molar-refractivity contribution in [2.24, 2.45) is 0 Å². The van der Waals surface area contributed by atoms with E-state index in [-0.39, 0.29) is 5.56 Å². The van der Waals surface area contributed by atoms with Crippen molar-refractivity contribution in [3.8, 4) is 11.5 Å². The molecule has 0 unspecified atom stereocenters. The van der Waals surface area contributed by atoms with Crippen LogP contribution in [0.15, 0.2) is 22.8 Å². The lowest BCUT2D eigenvalue weighted by molar-refractivity contribution is 0.0698. The second-order valence-electron chi connectivity index (χ2n) is 3.13. The van der Waals surface area contributed by atoms with Gasteiger partial charge in [-0.2, -0.15) is 0 Å². The number of hydrogen-bond donors (Lipinski definition) is 1. The van der Waals surface area contributed by atoms with Crippen LogP contribution in [-0.2, 0) is 0 Å². The molecule has 5 heteroatoms. The Balaban J connectivity index is 2.82. The highest BCUT2D eigenvalue weighted by atomic mass is 16.5. The molecule has 84 valence electrons. The molecule has 2 rings (SSSR count). The zero-order chi connectivity index (χ0) is 11.7. The van der Waals surface area contributed by atoms with E-state index in [2.05, 4.69) is 0 Å². The largest absolute Gasteiger partial charge is 0.496 e. The topological polar surface area (TPSA) is 68.9 Å². The maximum atomic E-state index is 11.0. The molecule has 1 heterocycles. The number of ether oxygens (including phenoxy) is 2. The van der Waals surface area contributed by atoms with Gasteiger partial charge in [0.2, 0.25) is 0 Å². The summed E-state index contributed by atoms with van der Waals surface area (Å²) in [5.41, 5.74) is 0.435. The fourth-order valence-corrected chi connectivity index (χ4v) is 1.58. The SMILES string of the molecule is COc1ccc(OC)c2c(C(=O)O)coc12. The van der Waals surface area contributed by atoms with E-state index in [9.17, 15) is 4.79 Å². The number of methoxy groups -OCH3 is 2. The van der Waals surface area contributed by atoms with Gasteiger partial charge in [0, 0.05) is 0 Å². The summed E-state index contributed by atoms with van der Waals surface area (Å²) in [5.74, 6) is -0.143. The highest BCUT2D eigenvalue weighted by molar-refractivity contribution is 6.06. The Morgan fingerprint density at radius 3 is 2.44 bits per heavy atom. The van der Waals surface area contributed by atoms with Crippen molar-refractivity contribution in [2.45, 2.75) is 0 Å². The summed E-state index contributed by atoms with van der Waals surface area (Å²) < 4.78 is 15.4. The Bertz CT molecular complexity index is 541. The Morgan fingerprint density at radius 1 is 1.25 bits per heavy atom. The van der Waals surface area contributed by atoms with Crippen molar-refractivity contribution < 1.29 is 23.8 Å². The molecule has 1 aromatic carbocycles. The highest BCUT2D eigenvalue weighted by Gasteiger charge is 2.19. The number of carboxylic acids is 1. The molecule has 0 saturated heterocycles. The van der Waals surface area contributed by atoms with Gasteiger partial charge < -0.3 is 19.0 Å². The van der Waals surface area contributed by atoms with Gasteiger partial charge in [-0.05, 0) is 12.1 Å². The first-order chi connectivity index (χ1) is 7.69. The first-order valence-corrected chi connectivity index (χ1v) is 4.54. The number of hydrogen-bond acceptors (Lipinski definition) is 4. The molecule has 0 aliphatic heterocycles. The van der Waals surface area contributed by atoms with Gasteiger partial charge in [0.1, 0.15) is 17.6 Å². The number of fused-ring (bicyclic) bond motifs is 1. The Kier molecular flexibility index (Phi) is 2.44. The molecule has 0 radical (unpaired) electrons. The molecule has 1 N–H and O–H groups in total. The van der Waals surface area contributed by atoms with E-state index in [1.54, 1.807) is 12.1 Å². The minimum absolute atomic E-state index is 0.0609. The molecular formula is C11H10O5. The molecule has 1 aromatic heterocycles. The molecule has 0 aliphatic carbocycles. The normalized spacial score (nSPS) is 10.4. The zero-order valence-electron chi connectivity index (χ0n) is 8.81. The second-order valence-corrected chi connectivity index (χ2v) is 3.13. The van der Waals surface area contributed by atoms with E-state index >= 15 is 0 Å². The van der Waals surface area contributed by atoms with Gasteiger partial charge in [-0.25, -0.2) is 4.79 Å². The summed E-state index contributed by atoms with van der Waals surface area (Å²) >= 11 is 0. The second kappa shape index (κ2) is 3.77. The van der Waals surface area contributed by atoms with Gasteiger partial charge in [-0.1, -0.05) is 0 Å². The van der Waals surface area contributed by atoms with Gasteiger partial charge in [0.15, 0.2) is 11.3 Å². The summed E-state index contributed by atoms with van der Waals surface area (Å²) in [6.45, 7) is 0. The van der Waals surface area contributed by atoms with Crippen LogP contribution in [0, 0.1) is 0 Å². The Hall–Kier alpha value is -2.17. The predicted molar refractivity (Wildman–Crippen MR) is 56.3 cm³/mol. The average molecular weight is 222 g/mol. The maximum absolute atomic E-state index is 11.0. The molecule has 0 fully saturated rings. The van der Waals surface area contributed by atoms with Crippen LogP contribution in [0.4, 0.5) is 0 Å². The van der Waals surface area contributed by atoms with Crippen LogP contribution in [-0.4, -0.2) is 25.3 Å². The van der Waals surface area contributed by atoms with Crippen molar-refractivity contribution in [3.05, 3.63) is 24.0 Å². The molecule has 0 atom stereocenters. The van der Waals surface area contributed by atoms with Gasteiger partial charge in [-0.15, -0.1) is 0 Å². The van der Waals surface area contributed by atoms with E-state index in [1.165, 1.54) is 20.5 Å². The fraction of sp³-hybridized carbons (Fsp3) is 0.182.